The lowest BCUT2D eigenvalue weighted by Crippen LogP contribution is -2.42. The number of alkyl halides is 3. The van der Waals surface area contributed by atoms with E-state index in [0.29, 0.717) is 12.8 Å². The lowest BCUT2D eigenvalue weighted by molar-refractivity contribution is -0.145. The molecule has 1 atom stereocenters. The van der Waals surface area contributed by atoms with E-state index in [0.717, 1.165) is 15.8 Å². The molecule has 0 unspecified atom stereocenters. The first-order valence-electron chi connectivity index (χ1n) is 6.90. The summed E-state index contributed by atoms with van der Waals surface area (Å²) in [6.07, 6.45) is -2.93. The van der Waals surface area contributed by atoms with Gasteiger partial charge in [-0.25, -0.2) is 0 Å². The van der Waals surface area contributed by atoms with Crippen LogP contribution in [0.3, 0.4) is 0 Å². The molecule has 0 radical (unpaired) electrons. The highest BCUT2D eigenvalue weighted by molar-refractivity contribution is 5.95. The average molecular weight is 319 g/mol. The fourth-order valence-electron chi connectivity index (χ4n) is 2.61. The fraction of sp³-hybridized carbons (Fsp3) is 0.615. The summed E-state index contributed by atoms with van der Waals surface area (Å²) in [5.41, 5.74) is -1.61. The van der Waals surface area contributed by atoms with Crippen LogP contribution in [0.4, 0.5) is 13.2 Å². The standard InChI is InChI=1S/C13H16F3N3O3/c1-2-19-10(13(14,15)16)9(6-17-19)11(20)18-5-3-4-8(7-18)12(21)22/h6,8H,2-5,7H2,1H3,(H,21,22)/t8-/m1/s1. The Bertz CT molecular complexity index is 583. The molecular weight excluding hydrogens is 303 g/mol. The van der Waals surface area contributed by atoms with Crippen LogP contribution in [-0.2, 0) is 17.5 Å². The van der Waals surface area contributed by atoms with E-state index in [1.54, 1.807) is 0 Å². The Hall–Kier alpha value is -2.06. The monoisotopic (exact) mass is 319 g/mol. The van der Waals surface area contributed by atoms with Crippen LogP contribution < -0.4 is 0 Å². The van der Waals surface area contributed by atoms with Gasteiger partial charge in [-0.05, 0) is 19.8 Å². The number of carboxylic acid groups (broad SMARTS) is 1. The number of nitrogens with zero attached hydrogens (tertiary/aromatic N) is 3. The maximum atomic E-state index is 13.1. The summed E-state index contributed by atoms with van der Waals surface area (Å²) in [6.45, 7) is 1.65. The summed E-state index contributed by atoms with van der Waals surface area (Å²) in [5, 5.41) is 12.6. The maximum Gasteiger partial charge on any atom is 0.433 e. The van der Waals surface area contributed by atoms with E-state index >= 15 is 0 Å². The minimum atomic E-state index is -4.69. The van der Waals surface area contributed by atoms with Gasteiger partial charge in [0.15, 0.2) is 5.69 Å². The summed E-state index contributed by atoms with van der Waals surface area (Å²) in [5.74, 6) is -2.61. The van der Waals surface area contributed by atoms with Crippen LogP contribution in [-0.4, -0.2) is 44.8 Å². The predicted molar refractivity (Wildman–Crippen MR) is 69.2 cm³/mol. The smallest absolute Gasteiger partial charge is 0.433 e. The molecule has 122 valence electrons. The number of amides is 1. The van der Waals surface area contributed by atoms with Crippen LogP contribution in [0.1, 0.15) is 35.8 Å². The van der Waals surface area contributed by atoms with Crippen molar-refractivity contribution in [1.29, 1.82) is 0 Å². The van der Waals surface area contributed by atoms with Crippen molar-refractivity contribution in [2.75, 3.05) is 13.1 Å². The Balaban J connectivity index is 2.30. The second-order valence-corrected chi connectivity index (χ2v) is 5.15. The Morgan fingerprint density at radius 1 is 1.45 bits per heavy atom. The number of carboxylic acids is 1. The largest absolute Gasteiger partial charge is 0.481 e. The molecule has 0 aromatic carbocycles. The molecule has 2 heterocycles. The molecule has 0 spiro atoms. The molecule has 0 aliphatic carbocycles. The number of aryl methyl sites for hydroxylation is 1. The first-order chi connectivity index (χ1) is 10.3. The second kappa shape index (κ2) is 5.98. The highest BCUT2D eigenvalue weighted by Crippen LogP contribution is 2.33. The van der Waals surface area contributed by atoms with Gasteiger partial charge in [0.2, 0.25) is 0 Å². The number of aromatic nitrogens is 2. The zero-order valence-corrected chi connectivity index (χ0v) is 11.9. The summed E-state index contributed by atoms with van der Waals surface area (Å²) in [4.78, 5) is 24.5. The van der Waals surface area contributed by atoms with Crippen molar-refractivity contribution in [3.63, 3.8) is 0 Å². The van der Waals surface area contributed by atoms with Crippen molar-refractivity contribution in [3.8, 4) is 0 Å². The Kier molecular flexibility index (Phi) is 4.43. The Morgan fingerprint density at radius 3 is 2.68 bits per heavy atom. The van der Waals surface area contributed by atoms with Crippen molar-refractivity contribution < 1.29 is 27.9 Å². The van der Waals surface area contributed by atoms with E-state index < -0.39 is 35.2 Å². The first kappa shape index (κ1) is 16.3. The third-order valence-electron chi connectivity index (χ3n) is 3.70. The number of hydrogen-bond donors (Lipinski definition) is 1. The highest BCUT2D eigenvalue weighted by atomic mass is 19.4. The van der Waals surface area contributed by atoms with E-state index in [2.05, 4.69) is 5.10 Å². The van der Waals surface area contributed by atoms with Gasteiger partial charge in [0.25, 0.3) is 5.91 Å². The second-order valence-electron chi connectivity index (χ2n) is 5.15. The van der Waals surface area contributed by atoms with Crippen LogP contribution in [0.15, 0.2) is 6.20 Å². The van der Waals surface area contributed by atoms with E-state index in [-0.39, 0.29) is 19.6 Å². The summed E-state index contributed by atoms with van der Waals surface area (Å²) >= 11 is 0. The zero-order valence-electron chi connectivity index (χ0n) is 11.9. The molecule has 1 aromatic heterocycles. The predicted octanol–water partition coefficient (Wildman–Crippen LogP) is 1.86. The number of halogens is 3. The van der Waals surface area contributed by atoms with Crippen LogP contribution in [0.5, 0.6) is 0 Å². The molecule has 6 nitrogen and oxygen atoms in total. The highest BCUT2D eigenvalue weighted by Gasteiger charge is 2.41. The quantitative estimate of drug-likeness (QED) is 0.923. The minimum Gasteiger partial charge on any atom is -0.481 e. The molecule has 1 aliphatic heterocycles. The molecule has 1 aromatic rings. The lowest BCUT2D eigenvalue weighted by Gasteiger charge is -2.30. The molecule has 1 aliphatic rings. The van der Waals surface area contributed by atoms with Gasteiger partial charge in [-0.1, -0.05) is 0 Å². The van der Waals surface area contributed by atoms with Crippen LogP contribution in [0.25, 0.3) is 0 Å². The lowest BCUT2D eigenvalue weighted by atomic mass is 9.97. The molecule has 2 rings (SSSR count). The molecule has 22 heavy (non-hydrogen) atoms. The summed E-state index contributed by atoms with van der Waals surface area (Å²) < 4.78 is 40.1. The maximum absolute atomic E-state index is 13.1. The van der Waals surface area contributed by atoms with Crippen molar-refractivity contribution in [2.45, 2.75) is 32.5 Å². The van der Waals surface area contributed by atoms with Gasteiger partial charge in [-0.2, -0.15) is 18.3 Å². The van der Waals surface area contributed by atoms with E-state index in [4.69, 9.17) is 5.11 Å². The number of carbonyl (C=O) groups is 2. The van der Waals surface area contributed by atoms with Crippen molar-refractivity contribution in [3.05, 3.63) is 17.5 Å². The normalized spacial score (nSPS) is 19.3. The third-order valence-corrected chi connectivity index (χ3v) is 3.70. The fourth-order valence-corrected chi connectivity index (χ4v) is 2.61. The minimum absolute atomic E-state index is 0.0140. The molecule has 1 saturated heterocycles. The summed E-state index contributed by atoms with van der Waals surface area (Å²) in [7, 11) is 0. The number of aliphatic carboxylic acids is 1. The van der Waals surface area contributed by atoms with Gasteiger partial charge in [0, 0.05) is 19.6 Å². The van der Waals surface area contributed by atoms with Crippen molar-refractivity contribution in [2.24, 2.45) is 5.92 Å². The van der Waals surface area contributed by atoms with E-state index in [1.165, 1.54) is 6.92 Å². The van der Waals surface area contributed by atoms with E-state index in [9.17, 15) is 22.8 Å². The van der Waals surface area contributed by atoms with Crippen LogP contribution >= 0.6 is 0 Å². The van der Waals surface area contributed by atoms with Gasteiger partial charge in [0.1, 0.15) is 0 Å². The van der Waals surface area contributed by atoms with Gasteiger partial charge in [-0.15, -0.1) is 0 Å². The number of carbonyl (C=O) groups excluding carboxylic acids is 1. The summed E-state index contributed by atoms with van der Waals surface area (Å²) in [6, 6.07) is 0. The SMILES string of the molecule is CCn1ncc(C(=O)N2CCC[C@@H](C(=O)O)C2)c1C(F)(F)F. The number of hydrogen-bond acceptors (Lipinski definition) is 3. The van der Waals surface area contributed by atoms with Gasteiger partial charge >= 0.3 is 12.1 Å². The molecule has 0 bridgehead atoms. The van der Waals surface area contributed by atoms with E-state index in [1.807, 2.05) is 0 Å². The molecule has 1 N–H and O–H groups in total. The topological polar surface area (TPSA) is 75.4 Å². The number of likely N-dealkylation sites (tertiary alicyclic amines) is 1. The van der Waals surface area contributed by atoms with Crippen molar-refractivity contribution >= 4 is 11.9 Å². The number of piperidine rings is 1. The Morgan fingerprint density at radius 2 is 2.14 bits per heavy atom. The van der Waals surface area contributed by atoms with Crippen molar-refractivity contribution in [1.82, 2.24) is 14.7 Å². The molecule has 1 fully saturated rings. The molecule has 0 saturated carbocycles. The van der Waals surface area contributed by atoms with Crippen LogP contribution in [0.2, 0.25) is 0 Å². The zero-order chi connectivity index (χ0) is 16.5. The molecular formula is C13H16F3N3O3. The molecule has 1 amide bonds. The third kappa shape index (κ3) is 3.07. The average Bonchev–Trinajstić information content (AvgIpc) is 2.90. The van der Waals surface area contributed by atoms with Crippen LogP contribution in [0, 0.1) is 5.92 Å². The van der Waals surface area contributed by atoms with Gasteiger partial charge in [0.05, 0.1) is 17.7 Å². The first-order valence-corrected chi connectivity index (χ1v) is 6.90. The Labute approximate surface area is 124 Å². The van der Waals surface area contributed by atoms with Gasteiger partial charge < -0.3 is 10.0 Å². The van der Waals surface area contributed by atoms with Gasteiger partial charge in [-0.3, -0.25) is 14.3 Å². The number of rotatable bonds is 3. The molecule has 9 heteroatoms.